The number of hydrogen-bond acceptors (Lipinski definition) is 6. The molecule has 0 unspecified atom stereocenters. The van der Waals surface area contributed by atoms with Crippen molar-refractivity contribution in [3.8, 4) is 17.2 Å². The highest BCUT2D eigenvalue weighted by Gasteiger charge is 2.19. The van der Waals surface area contributed by atoms with Crippen molar-refractivity contribution in [3.63, 3.8) is 0 Å². The number of hydrogen-bond donors (Lipinski definition) is 0. The fraction of sp³-hybridized carbons (Fsp3) is 0.333. The zero-order valence-corrected chi connectivity index (χ0v) is 17.6. The lowest BCUT2D eigenvalue weighted by molar-refractivity contribution is -0.155. The fourth-order valence-corrected chi connectivity index (χ4v) is 2.78. The second-order valence-corrected chi connectivity index (χ2v) is 7.10. The average molecular weight is 410 g/mol. The van der Waals surface area contributed by atoms with E-state index in [2.05, 4.69) is 6.92 Å². The van der Waals surface area contributed by atoms with Crippen LogP contribution in [0.5, 0.6) is 17.2 Å². The van der Waals surface area contributed by atoms with Crippen LogP contribution in [0.2, 0.25) is 0 Å². The van der Waals surface area contributed by atoms with Gasteiger partial charge in [0.1, 0.15) is 23.3 Å². The lowest BCUT2D eigenvalue weighted by Crippen LogP contribution is -2.29. The molecule has 6 heteroatoms. The Labute approximate surface area is 175 Å². The number of benzene rings is 2. The number of carbonyl (C=O) groups is 1. The van der Waals surface area contributed by atoms with Gasteiger partial charge in [-0.05, 0) is 56.5 Å². The van der Waals surface area contributed by atoms with Crippen molar-refractivity contribution in [2.45, 2.75) is 52.7 Å². The summed E-state index contributed by atoms with van der Waals surface area (Å²) in [5, 5.41) is 0.361. The van der Waals surface area contributed by atoms with Crippen molar-refractivity contribution < 1.29 is 23.4 Å². The van der Waals surface area contributed by atoms with E-state index in [0.717, 1.165) is 12.8 Å². The molecule has 6 nitrogen and oxygen atoms in total. The molecule has 2 atom stereocenters. The van der Waals surface area contributed by atoms with Gasteiger partial charge in [0.25, 0.3) is 0 Å². The van der Waals surface area contributed by atoms with Crippen LogP contribution in [0.15, 0.2) is 57.9 Å². The van der Waals surface area contributed by atoms with E-state index in [1.54, 1.807) is 25.1 Å². The number of esters is 1. The van der Waals surface area contributed by atoms with Gasteiger partial charge in [-0.2, -0.15) is 0 Å². The van der Waals surface area contributed by atoms with Gasteiger partial charge in [-0.3, -0.25) is 4.79 Å². The Bertz CT molecular complexity index is 1070. The highest BCUT2D eigenvalue weighted by Crippen LogP contribution is 2.25. The van der Waals surface area contributed by atoms with Crippen molar-refractivity contribution >= 4 is 16.9 Å². The topological polar surface area (TPSA) is 75.0 Å². The maximum absolute atomic E-state index is 12.8. The van der Waals surface area contributed by atoms with Gasteiger partial charge in [-0.25, -0.2) is 4.79 Å². The number of carbonyl (C=O) groups excluding carboxylic acids is 1. The summed E-state index contributed by atoms with van der Waals surface area (Å²) in [7, 11) is 0. The zero-order valence-electron chi connectivity index (χ0n) is 17.6. The summed E-state index contributed by atoms with van der Waals surface area (Å²) in [5.41, 5.74) is 1.24. The Morgan fingerprint density at radius 2 is 1.73 bits per heavy atom. The molecule has 158 valence electrons. The molecule has 0 radical (unpaired) electrons. The van der Waals surface area contributed by atoms with Crippen molar-refractivity contribution in [1.29, 1.82) is 0 Å². The second-order valence-electron chi connectivity index (χ2n) is 7.10. The van der Waals surface area contributed by atoms with Gasteiger partial charge >= 0.3 is 5.97 Å². The van der Waals surface area contributed by atoms with Crippen LogP contribution >= 0.6 is 0 Å². The maximum atomic E-state index is 12.8. The Kier molecular flexibility index (Phi) is 6.77. The Balaban J connectivity index is 1.77. The van der Waals surface area contributed by atoms with Crippen molar-refractivity contribution in [3.05, 3.63) is 64.5 Å². The van der Waals surface area contributed by atoms with Crippen molar-refractivity contribution in [2.75, 3.05) is 0 Å². The molecule has 2 aromatic carbocycles. The van der Waals surface area contributed by atoms with Gasteiger partial charge in [0, 0.05) is 6.07 Å². The monoisotopic (exact) mass is 410 g/mol. The van der Waals surface area contributed by atoms with Gasteiger partial charge in [0.2, 0.25) is 11.2 Å². The largest absolute Gasteiger partial charge is 0.479 e. The minimum absolute atomic E-state index is 0.103. The molecule has 0 aliphatic carbocycles. The number of fused-ring (bicyclic) bond motifs is 1. The molecule has 0 aliphatic heterocycles. The highest BCUT2D eigenvalue weighted by atomic mass is 16.6. The van der Waals surface area contributed by atoms with Crippen molar-refractivity contribution in [1.82, 2.24) is 0 Å². The molecule has 0 bridgehead atoms. The summed E-state index contributed by atoms with van der Waals surface area (Å²) in [5.74, 6) is 0.630. The maximum Gasteiger partial charge on any atom is 0.347 e. The molecule has 30 heavy (non-hydrogen) atoms. The van der Waals surface area contributed by atoms with E-state index in [4.69, 9.17) is 18.6 Å². The first kappa shape index (κ1) is 21.4. The number of aryl methyl sites for hydroxylation is 1. The summed E-state index contributed by atoms with van der Waals surface area (Å²) in [6.45, 7) is 7.45. The lowest BCUT2D eigenvalue weighted by Gasteiger charge is -2.17. The summed E-state index contributed by atoms with van der Waals surface area (Å²) in [6.07, 6.45) is 1.98. The first-order valence-corrected chi connectivity index (χ1v) is 10.1. The molecule has 0 amide bonds. The van der Waals surface area contributed by atoms with E-state index in [1.165, 1.54) is 11.8 Å². The Morgan fingerprint density at radius 3 is 2.40 bits per heavy atom. The molecule has 1 heterocycles. The average Bonchev–Trinajstić information content (AvgIpc) is 2.76. The second kappa shape index (κ2) is 9.48. The third kappa shape index (κ3) is 5.00. The molecule has 0 fully saturated rings. The highest BCUT2D eigenvalue weighted by molar-refractivity contribution is 5.79. The van der Waals surface area contributed by atoms with E-state index in [-0.39, 0.29) is 17.3 Å². The SMILES string of the molecule is CCc1ccc(Oc2coc3cc(O[C@@H](C)C(=O)O[C@@H](C)CC)ccc3c2=O)cc1. The van der Waals surface area contributed by atoms with Crippen LogP contribution in [-0.2, 0) is 16.0 Å². The van der Waals surface area contributed by atoms with Crippen LogP contribution in [0.4, 0.5) is 0 Å². The fourth-order valence-electron chi connectivity index (χ4n) is 2.78. The normalized spacial score (nSPS) is 12.9. The molecular formula is C24H26O6. The number of ether oxygens (including phenoxy) is 3. The quantitative estimate of drug-likeness (QED) is 0.472. The molecule has 3 rings (SSSR count). The van der Waals surface area contributed by atoms with Crippen molar-refractivity contribution in [2.24, 2.45) is 0 Å². The third-order valence-corrected chi connectivity index (χ3v) is 4.81. The van der Waals surface area contributed by atoms with Gasteiger partial charge in [-0.1, -0.05) is 26.0 Å². The van der Waals surface area contributed by atoms with E-state index < -0.39 is 12.1 Å². The first-order valence-electron chi connectivity index (χ1n) is 10.1. The molecule has 3 aromatic rings. The zero-order chi connectivity index (χ0) is 21.7. The molecule has 1 aromatic heterocycles. The van der Waals surface area contributed by atoms with Crippen LogP contribution < -0.4 is 14.9 Å². The molecule has 0 N–H and O–H groups in total. The smallest absolute Gasteiger partial charge is 0.347 e. The minimum Gasteiger partial charge on any atom is -0.479 e. The molecule has 0 spiro atoms. The summed E-state index contributed by atoms with van der Waals surface area (Å²) in [4.78, 5) is 24.8. The van der Waals surface area contributed by atoms with Crippen LogP contribution in [0, 0.1) is 0 Å². The van der Waals surface area contributed by atoms with Gasteiger partial charge in [-0.15, -0.1) is 0 Å². The standard InChI is InChI=1S/C24H26O6/c1-5-15(3)28-24(26)16(4)29-19-11-12-20-21(13-19)27-14-22(23(20)25)30-18-9-7-17(6-2)8-10-18/h7-16H,5-6H2,1-4H3/t15-,16-/m0/s1. The van der Waals surface area contributed by atoms with E-state index >= 15 is 0 Å². The van der Waals surface area contributed by atoms with Gasteiger partial charge in [0.15, 0.2) is 6.10 Å². The molecule has 0 saturated carbocycles. The van der Waals surface area contributed by atoms with Gasteiger partial charge in [0.05, 0.1) is 11.5 Å². The first-order chi connectivity index (χ1) is 14.4. The predicted molar refractivity (Wildman–Crippen MR) is 114 cm³/mol. The predicted octanol–water partition coefficient (Wildman–Crippen LogP) is 5.26. The van der Waals surface area contributed by atoms with Crippen LogP contribution in [0.1, 0.15) is 39.7 Å². The van der Waals surface area contributed by atoms with Crippen LogP contribution in [-0.4, -0.2) is 18.2 Å². The minimum atomic E-state index is -0.781. The molecule has 0 aliphatic rings. The summed E-state index contributed by atoms with van der Waals surface area (Å²) >= 11 is 0. The molecule has 0 saturated heterocycles. The van der Waals surface area contributed by atoms with E-state index in [0.29, 0.717) is 22.5 Å². The lowest BCUT2D eigenvalue weighted by atomic mass is 10.2. The Hall–Kier alpha value is -3.28. The molecular weight excluding hydrogens is 384 g/mol. The summed E-state index contributed by atoms with van der Waals surface area (Å²) < 4.78 is 22.2. The van der Waals surface area contributed by atoms with E-state index in [9.17, 15) is 9.59 Å². The van der Waals surface area contributed by atoms with E-state index in [1.807, 2.05) is 38.1 Å². The van der Waals surface area contributed by atoms with Gasteiger partial charge < -0.3 is 18.6 Å². The summed E-state index contributed by atoms with van der Waals surface area (Å²) in [6, 6.07) is 12.3. The third-order valence-electron chi connectivity index (χ3n) is 4.81. The van der Waals surface area contributed by atoms with Crippen LogP contribution in [0.3, 0.4) is 0 Å². The Morgan fingerprint density at radius 1 is 1.03 bits per heavy atom. The van der Waals surface area contributed by atoms with Crippen LogP contribution in [0.25, 0.3) is 11.0 Å². The number of rotatable bonds is 8.